The highest BCUT2D eigenvalue weighted by Crippen LogP contribution is 2.20. The number of nitrogens with zero attached hydrogens (tertiary/aromatic N) is 1. The van der Waals surface area contributed by atoms with Crippen molar-refractivity contribution in [2.75, 3.05) is 20.2 Å². The maximum atomic E-state index is 11.1. The molecule has 4 heteroatoms. The summed E-state index contributed by atoms with van der Waals surface area (Å²) in [6.07, 6.45) is 2.21. The lowest BCUT2D eigenvalue weighted by Gasteiger charge is -2.30. The van der Waals surface area contributed by atoms with Gasteiger partial charge in [-0.15, -0.1) is 0 Å². The van der Waals surface area contributed by atoms with Crippen molar-refractivity contribution < 1.29 is 14.3 Å². The predicted octanol–water partition coefficient (Wildman–Crippen LogP) is 1.44. The Balaban J connectivity index is 2.31. The number of methoxy groups -OCH3 is 1. The lowest BCUT2D eigenvalue weighted by Crippen LogP contribution is -2.38. The van der Waals surface area contributed by atoms with Gasteiger partial charge in [-0.25, -0.2) is 4.79 Å². The normalized spacial score (nSPS) is 18.0. The van der Waals surface area contributed by atoms with E-state index in [0.29, 0.717) is 25.4 Å². The molecule has 1 amide bonds. The van der Waals surface area contributed by atoms with Crippen LogP contribution in [-0.4, -0.2) is 37.0 Å². The molecule has 14 heavy (non-hydrogen) atoms. The minimum absolute atomic E-state index is 0.238. The molecule has 0 bridgehead atoms. The van der Waals surface area contributed by atoms with Crippen LogP contribution in [0.25, 0.3) is 0 Å². The zero-order valence-electron chi connectivity index (χ0n) is 8.78. The molecule has 1 heterocycles. The Morgan fingerprint density at radius 1 is 1.36 bits per heavy atom. The summed E-state index contributed by atoms with van der Waals surface area (Å²) in [6.45, 7) is 3.04. The second-order valence-corrected chi connectivity index (χ2v) is 3.81. The molecule has 1 fully saturated rings. The zero-order valence-corrected chi connectivity index (χ0v) is 8.78. The van der Waals surface area contributed by atoms with E-state index in [2.05, 4.69) is 4.74 Å². The summed E-state index contributed by atoms with van der Waals surface area (Å²) in [5.74, 6) is 0.690. The Kier molecular flexibility index (Phi) is 3.92. The first-order valence-electron chi connectivity index (χ1n) is 4.95. The van der Waals surface area contributed by atoms with Gasteiger partial charge in [-0.3, -0.25) is 0 Å². The highest BCUT2D eigenvalue weighted by molar-refractivity contribution is 5.75. The molecule has 0 radical (unpaired) electrons. The standard InChI is InChI=1S/C10H17NO3/c1-8(12)7-9-3-5-11(6-4-9)10(13)14-2/h9H,3-7H2,1-2H3. The van der Waals surface area contributed by atoms with Crippen LogP contribution < -0.4 is 0 Å². The van der Waals surface area contributed by atoms with E-state index in [0.717, 1.165) is 12.8 Å². The zero-order chi connectivity index (χ0) is 10.6. The van der Waals surface area contributed by atoms with Crippen molar-refractivity contribution in [3.05, 3.63) is 0 Å². The molecule has 0 aromatic heterocycles. The van der Waals surface area contributed by atoms with Gasteiger partial charge in [0.1, 0.15) is 5.78 Å². The van der Waals surface area contributed by atoms with E-state index in [1.807, 2.05) is 0 Å². The first-order valence-corrected chi connectivity index (χ1v) is 4.95. The minimum Gasteiger partial charge on any atom is -0.453 e. The second kappa shape index (κ2) is 4.98. The Labute approximate surface area is 84.2 Å². The molecule has 1 aliphatic rings. The highest BCUT2D eigenvalue weighted by atomic mass is 16.5. The maximum Gasteiger partial charge on any atom is 0.409 e. The molecule has 0 aliphatic carbocycles. The Morgan fingerprint density at radius 3 is 2.36 bits per heavy atom. The Hall–Kier alpha value is -1.06. The van der Waals surface area contributed by atoms with E-state index < -0.39 is 0 Å². The van der Waals surface area contributed by atoms with Gasteiger partial charge in [-0.2, -0.15) is 0 Å². The van der Waals surface area contributed by atoms with Gasteiger partial charge in [0.25, 0.3) is 0 Å². The summed E-state index contributed by atoms with van der Waals surface area (Å²) in [4.78, 5) is 23.7. The van der Waals surface area contributed by atoms with Gasteiger partial charge < -0.3 is 14.4 Å². The van der Waals surface area contributed by atoms with Gasteiger partial charge >= 0.3 is 6.09 Å². The largest absolute Gasteiger partial charge is 0.453 e. The van der Waals surface area contributed by atoms with Crippen LogP contribution in [0, 0.1) is 5.92 Å². The van der Waals surface area contributed by atoms with Crippen molar-refractivity contribution in [3.63, 3.8) is 0 Å². The summed E-state index contributed by atoms with van der Waals surface area (Å²) in [6, 6.07) is 0. The van der Waals surface area contributed by atoms with Gasteiger partial charge in [-0.1, -0.05) is 0 Å². The third-order valence-corrected chi connectivity index (χ3v) is 2.62. The first kappa shape index (κ1) is 11.0. The molecule has 0 aromatic carbocycles. The molecule has 1 rings (SSSR count). The van der Waals surface area contributed by atoms with Crippen LogP contribution in [-0.2, 0) is 9.53 Å². The van der Waals surface area contributed by atoms with Crippen LogP contribution in [0.2, 0.25) is 0 Å². The van der Waals surface area contributed by atoms with Gasteiger partial charge in [0, 0.05) is 19.5 Å². The number of carbonyl (C=O) groups is 2. The maximum absolute atomic E-state index is 11.1. The van der Waals surface area contributed by atoms with Crippen molar-refractivity contribution in [2.24, 2.45) is 5.92 Å². The lowest BCUT2D eigenvalue weighted by molar-refractivity contribution is -0.118. The second-order valence-electron chi connectivity index (χ2n) is 3.81. The van der Waals surface area contributed by atoms with Crippen LogP contribution in [0.3, 0.4) is 0 Å². The molecule has 4 nitrogen and oxygen atoms in total. The van der Waals surface area contributed by atoms with E-state index in [1.54, 1.807) is 11.8 Å². The van der Waals surface area contributed by atoms with Gasteiger partial charge in [0.05, 0.1) is 7.11 Å². The number of carbonyl (C=O) groups excluding carboxylic acids is 2. The molecule has 0 N–H and O–H groups in total. The molecule has 80 valence electrons. The van der Waals surface area contributed by atoms with E-state index in [-0.39, 0.29) is 11.9 Å². The predicted molar refractivity (Wildman–Crippen MR) is 52.0 cm³/mol. The van der Waals surface area contributed by atoms with Gasteiger partial charge in [0.2, 0.25) is 0 Å². The van der Waals surface area contributed by atoms with Crippen LogP contribution >= 0.6 is 0 Å². The number of piperidine rings is 1. The molecule has 0 atom stereocenters. The van der Waals surface area contributed by atoms with Crippen LogP contribution in [0.1, 0.15) is 26.2 Å². The molecule has 0 unspecified atom stereocenters. The topological polar surface area (TPSA) is 46.6 Å². The molecular weight excluding hydrogens is 182 g/mol. The quantitative estimate of drug-likeness (QED) is 0.676. The molecule has 1 saturated heterocycles. The first-order chi connectivity index (χ1) is 6.63. The van der Waals surface area contributed by atoms with Crippen LogP contribution in [0.15, 0.2) is 0 Å². The number of ketones is 1. The van der Waals surface area contributed by atoms with Crippen molar-refractivity contribution in [2.45, 2.75) is 26.2 Å². The average molecular weight is 199 g/mol. The number of Topliss-reactive ketones (excluding diaryl/α,β-unsaturated/α-hetero) is 1. The van der Waals surface area contributed by atoms with Crippen molar-refractivity contribution in [1.82, 2.24) is 4.90 Å². The van der Waals surface area contributed by atoms with Crippen molar-refractivity contribution in [1.29, 1.82) is 0 Å². The monoisotopic (exact) mass is 199 g/mol. The van der Waals surface area contributed by atoms with E-state index >= 15 is 0 Å². The van der Waals surface area contributed by atoms with E-state index in [9.17, 15) is 9.59 Å². The molecule has 1 aliphatic heterocycles. The fourth-order valence-electron chi connectivity index (χ4n) is 1.86. The summed E-state index contributed by atoms with van der Waals surface area (Å²) < 4.78 is 4.63. The van der Waals surface area contributed by atoms with E-state index in [1.165, 1.54) is 7.11 Å². The smallest absolute Gasteiger partial charge is 0.409 e. The third kappa shape index (κ3) is 3.01. The molecule has 0 spiro atoms. The molecule has 0 saturated carbocycles. The fraction of sp³-hybridized carbons (Fsp3) is 0.800. The Morgan fingerprint density at radius 2 is 1.93 bits per heavy atom. The summed E-state index contributed by atoms with van der Waals surface area (Å²) in [5, 5.41) is 0. The number of hydrogen-bond donors (Lipinski definition) is 0. The number of ether oxygens (including phenoxy) is 1. The number of hydrogen-bond acceptors (Lipinski definition) is 3. The third-order valence-electron chi connectivity index (χ3n) is 2.62. The molecular formula is C10H17NO3. The van der Waals surface area contributed by atoms with E-state index in [4.69, 9.17) is 0 Å². The number of amides is 1. The van der Waals surface area contributed by atoms with Crippen LogP contribution in [0.4, 0.5) is 4.79 Å². The average Bonchev–Trinajstić information content (AvgIpc) is 2.17. The molecule has 0 aromatic rings. The van der Waals surface area contributed by atoms with Crippen molar-refractivity contribution >= 4 is 11.9 Å². The van der Waals surface area contributed by atoms with Gasteiger partial charge in [0.15, 0.2) is 0 Å². The number of likely N-dealkylation sites (tertiary alicyclic amines) is 1. The highest BCUT2D eigenvalue weighted by Gasteiger charge is 2.23. The minimum atomic E-state index is -0.258. The summed E-state index contributed by atoms with van der Waals surface area (Å²) in [7, 11) is 1.39. The fourth-order valence-corrected chi connectivity index (χ4v) is 1.86. The summed E-state index contributed by atoms with van der Waals surface area (Å²) in [5.41, 5.74) is 0. The Bertz CT molecular complexity index is 219. The van der Waals surface area contributed by atoms with Gasteiger partial charge in [-0.05, 0) is 25.7 Å². The lowest BCUT2D eigenvalue weighted by atomic mass is 9.92. The van der Waals surface area contributed by atoms with Crippen molar-refractivity contribution in [3.8, 4) is 0 Å². The van der Waals surface area contributed by atoms with Crippen LogP contribution in [0.5, 0.6) is 0 Å². The summed E-state index contributed by atoms with van der Waals surface area (Å²) >= 11 is 0. The number of rotatable bonds is 2. The SMILES string of the molecule is COC(=O)N1CCC(CC(C)=O)CC1.